The van der Waals surface area contributed by atoms with E-state index in [0.717, 1.165) is 15.8 Å². The number of para-hydroxylation sites is 1. The smallest absolute Gasteiger partial charge is 0.244 e. The van der Waals surface area contributed by atoms with Gasteiger partial charge < -0.3 is 4.74 Å². The summed E-state index contributed by atoms with van der Waals surface area (Å²) in [5.41, 5.74) is 1.58. The second-order valence-electron chi connectivity index (χ2n) is 6.73. The standard InChI is InChI=1S/C22H19N3O4S2/c1-29-17-6-8-18(9-7-17)31(27,28)15-21(26)25(14-16-10-12-23-13-11-16)22-24-19-4-2-3-5-20(19)30-22/h2-13H,14-15H2,1H3. The zero-order valence-electron chi connectivity index (χ0n) is 16.6. The highest BCUT2D eigenvalue weighted by atomic mass is 32.2. The predicted octanol–water partition coefficient (Wildman–Crippen LogP) is 3.71. The van der Waals surface area contributed by atoms with Crippen LogP contribution in [0.3, 0.4) is 0 Å². The van der Waals surface area contributed by atoms with Gasteiger partial charge in [-0.05, 0) is 54.1 Å². The second kappa shape index (κ2) is 8.83. The zero-order valence-corrected chi connectivity index (χ0v) is 18.3. The number of pyridine rings is 1. The zero-order chi connectivity index (χ0) is 21.8. The molecule has 1 amide bonds. The summed E-state index contributed by atoms with van der Waals surface area (Å²) in [6.07, 6.45) is 3.26. The minimum Gasteiger partial charge on any atom is -0.497 e. The first-order valence-corrected chi connectivity index (χ1v) is 11.8. The van der Waals surface area contributed by atoms with Crippen LogP contribution in [0, 0.1) is 0 Å². The van der Waals surface area contributed by atoms with Gasteiger partial charge in [-0.2, -0.15) is 0 Å². The Morgan fingerprint density at radius 3 is 2.42 bits per heavy atom. The molecule has 0 aliphatic heterocycles. The molecule has 0 saturated carbocycles. The van der Waals surface area contributed by atoms with Crippen molar-refractivity contribution in [3.8, 4) is 5.75 Å². The molecule has 2 heterocycles. The molecule has 0 bridgehead atoms. The number of hydrogen-bond acceptors (Lipinski definition) is 7. The van der Waals surface area contributed by atoms with Gasteiger partial charge in [-0.1, -0.05) is 23.5 Å². The Hall–Kier alpha value is -3.30. The van der Waals surface area contributed by atoms with Gasteiger partial charge in [-0.25, -0.2) is 13.4 Å². The number of anilines is 1. The summed E-state index contributed by atoms with van der Waals surface area (Å²) in [4.78, 5) is 23.2. The third-order valence-corrected chi connectivity index (χ3v) is 7.31. The van der Waals surface area contributed by atoms with E-state index in [9.17, 15) is 13.2 Å². The number of ether oxygens (including phenoxy) is 1. The van der Waals surface area contributed by atoms with E-state index in [4.69, 9.17) is 4.74 Å². The van der Waals surface area contributed by atoms with Gasteiger partial charge in [0, 0.05) is 12.4 Å². The summed E-state index contributed by atoms with van der Waals surface area (Å²) in [6.45, 7) is 0.194. The van der Waals surface area contributed by atoms with Crippen molar-refractivity contribution in [3.05, 3.63) is 78.6 Å². The second-order valence-corrected chi connectivity index (χ2v) is 9.73. The molecular formula is C22H19N3O4S2. The van der Waals surface area contributed by atoms with Gasteiger partial charge in [0.2, 0.25) is 5.91 Å². The molecule has 4 aromatic rings. The van der Waals surface area contributed by atoms with E-state index in [1.807, 2.05) is 24.3 Å². The van der Waals surface area contributed by atoms with Crippen LogP contribution in [-0.4, -0.2) is 37.2 Å². The van der Waals surface area contributed by atoms with Gasteiger partial charge in [0.25, 0.3) is 0 Å². The number of sulfone groups is 1. The molecule has 2 aromatic heterocycles. The lowest BCUT2D eigenvalue weighted by Crippen LogP contribution is -2.35. The van der Waals surface area contributed by atoms with E-state index in [1.54, 1.807) is 36.7 Å². The molecule has 0 aliphatic carbocycles. The minimum absolute atomic E-state index is 0.0646. The molecule has 0 spiro atoms. The van der Waals surface area contributed by atoms with Crippen LogP contribution in [0.2, 0.25) is 0 Å². The van der Waals surface area contributed by atoms with Gasteiger partial charge in [0.15, 0.2) is 15.0 Å². The molecule has 0 unspecified atom stereocenters. The molecule has 0 radical (unpaired) electrons. The molecule has 0 saturated heterocycles. The lowest BCUT2D eigenvalue weighted by atomic mass is 10.2. The number of carbonyl (C=O) groups is 1. The van der Waals surface area contributed by atoms with E-state index in [1.165, 1.54) is 35.5 Å². The maximum atomic E-state index is 13.2. The molecule has 158 valence electrons. The van der Waals surface area contributed by atoms with Gasteiger partial charge in [0.05, 0.1) is 28.8 Å². The van der Waals surface area contributed by atoms with Gasteiger partial charge in [-0.15, -0.1) is 0 Å². The number of amides is 1. The molecular weight excluding hydrogens is 434 g/mol. The van der Waals surface area contributed by atoms with Crippen molar-refractivity contribution in [1.29, 1.82) is 0 Å². The first kappa shape index (κ1) is 21.0. The summed E-state index contributed by atoms with van der Waals surface area (Å²) in [7, 11) is -2.34. The molecule has 9 heteroatoms. The van der Waals surface area contributed by atoms with Crippen molar-refractivity contribution in [1.82, 2.24) is 9.97 Å². The quantitative estimate of drug-likeness (QED) is 0.424. The summed E-state index contributed by atoms with van der Waals surface area (Å²) < 4.78 is 31.8. The van der Waals surface area contributed by atoms with Crippen molar-refractivity contribution >= 4 is 42.4 Å². The maximum Gasteiger partial charge on any atom is 0.244 e. The van der Waals surface area contributed by atoms with Crippen molar-refractivity contribution < 1.29 is 17.9 Å². The van der Waals surface area contributed by atoms with Crippen LogP contribution in [0.1, 0.15) is 5.56 Å². The Morgan fingerprint density at radius 1 is 1.03 bits per heavy atom. The number of carbonyl (C=O) groups excluding carboxylic acids is 1. The molecule has 2 aromatic carbocycles. The van der Waals surface area contributed by atoms with E-state index >= 15 is 0 Å². The van der Waals surface area contributed by atoms with Gasteiger partial charge in [0.1, 0.15) is 11.5 Å². The molecule has 0 fully saturated rings. The molecule has 31 heavy (non-hydrogen) atoms. The number of rotatable bonds is 7. The first-order chi connectivity index (χ1) is 15.0. The van der Waals surface area contributed by atoms with Crippen LogP contribution in [0.5, 0.6) is 5.75 Å². The fourth-order valence-electron chi connectivity index (χ4n) is 3.02. The molecule has 0 N–H and O–H groups in total. The highest BCUT2D eigenvalue weighted by Gasteiger charge is 2.27. The van der Waals surface area contributed by atoms with E-state index in [0.29, 0.717) is 10.9 Å². The lowest BCUT2D eigenvalue weighted by Gasteiger charge is -2.20. The highest BCUT2D eigenvalue weighted by molar-refractivity contribution is 7.92. The summed E-state index contributed by atoms with van der Waals surface area (Å²) in [5.74, 6) is -0.675. The Labute approximate surface area is 183 Å². The first-order valence-electron chi connectivity index (χ1n) is 9.38. The van der Waals surface area contributed by atoms with Gasteiger partial charge in [-0.3, -0.25) is 14.7 Å². The van der Waals surface area contributed by atoms with Crippen LogP contribution in [0.25, 0.3) is 10.2 Å². The monoisotopic (exact) mass is 453 g/mol. The van der Waals surface area contributed by atoms with Crippen LogP contribution in [-0.2, 0) is 21.2 Å². The summed E-state index contributed by atoms with van der Waals surface area (Å²) in [6, 6.07) is 17.1. The van der Waals surface area contributed by atoms with Crippen molar-refractivity contribution in [2.24, 2.45) is 0 Å². The van der Waals surface area contributed by atoms with Crippen LogP contribution in [0.4, 0.5) is 5.13 Å². The van der Waals surface area contributed by atoms with Crippen molar-refractivity contribution in [2.75, 3.05) is 17.8 Å². The SMILES string of the molecule is COc1ccc(S(=O)(=O)CC(=O)N(Cc2ccncc2)c2nc3ccccc3s2)cc1. The highest BCUT2D eigenvalue weighted by Crippen LogP contribution is 2.30. The Bertz CT molecular complexity index is 1270. The third kappa shape index (κ3) is 4.73. The number of methoxy groups -OCH3 is 1. The third-order valence-electron chi connectivity index (χ3n) is 4.64. The van der Waals surface area contributed by atoms with Crippen LogP contribution < -0.4 is 9.64 Å². The summed E-state index contributed by atoms with van der Waals surface area (Å²) >= 11 is 1.35. The molecule has 0 aliphatic rings. The van der Waals surface area contributed by atoms with E-state index in [-0.39, 0.29) is 11.4 Å². The van der Waals surface area contributed by atoms with Crippen LogP contribution in [0.15, 0.2) is 78.0 Å². The largest absolute Gasteiger partial charge is 0.497 e. The normalized spacial score (nSPS) is 11.4. The number of hydrogen-bond donors (Lipinski definition) is 0. The number of thiazole rings is 1. The average molecular weight is 454 g/mol. The maximum absolute atomic E-state index is 13.2. The average Bonchev–Trinajstić information content (AvgIpc) is 3.21. The number of aromatic nitrogens is 2. The lowest BCUT2D eigenvalue weighted by molar-refractivity contribution is -0.116. The van der Waals surface area contributed by atoms with Crippen molar-refractivity contribution in [3.63, 3.8) is 0 Å². The van der Waals surface area contributed by atoms with E-state index in [2.05, 4.69) is 9.97 Å². The molecule has 4 rings (SSSR count). The van der Waals surface area contributed by atoms with Crippen LogP contribution >= 0.6 is 11.3 Å². The topological polar surface area (TPSA) is 89.5 Å². The number of nitrogens with zero attached hydrogens (tertiary/aromatic N) is 3. The fourth-order valence-corrected chi connectivity index (χ4v) is 5.20. The predicted molar refractivity (Wildman–Crippen MR) is 120 cm³/mol. The molecule has 7 nitrogen and oxygen atoms in total. The molecule has 0 atom stereocenters. The van der Waals surface area contributed by atoms with Gasteiger partial charge >= 0.3 is 0 Å². The summed E-state index contributed by atoms with van der Waals surface area (Å²) in [5, 5.41) is 0.452. The Morgan fingerprint density at radius 2 is 1.74 bits per heavy atom. The Kier molecular flexibility index (Phi) is 5.97. The van der Waals surface area contributed by atoms with E-state index < -0.39 is 21.5 Å². The van der Waals surface area contributed by atoms with Crippen molar-refractivity contribution in [2.45, 2.75) is 11.4 Å². The minimum atomic E-state index is -3.84. The number of benzene rings is 2. The Balaban J connectivity index is 1.65. The number of fused-ring (bicyclic) bond motifs is 1. The fraction of sp³-hybridized carbons (Fsp3) is 0.136.